The fourth-order valence-electron chi connectivity index (χ4n) is 1.87. The zero-order valence-corrected chi connectivity index (χ0v) is 13.8. The van der Waals surface area contributed by atoms with E-state index in [2.05, 4.69) is 31.1 Å². The number of carbonyl (C=O) groups excluding carboxylic acids is 2. The topological polar surface area (TPSA) is 73.2 Å². The summed E-state index contributed by atoms with van der Waals surface area (Å²) in [6.45, 7) is 1.74. The Labute approximate surface area is 136 Å². The van der Waals surface area contributed by atoms with E-state index in [1.54, 1.807) is 17.8 Å². The van der Waals surface area contributed by atoms with Crippen molar-refractivity contribution < 1.29 is 14.3 Å². The van der Waals surface area contributed by atoms with Crippen LogP contribution in [0.3, 0.4) is 0 Å². The predicted octanol–water partition coefficient (Wildman–Crippen LogP) is 2.32. The molecule has 2 rings (SSSR count). The number of nitrogens with one attached hydrogen (secondary N) is 1. The molecule has 22 heavy (non-hydrogen) atoms. The summed E-state index contributed by atoms with van der Waals surface area (Å²) in [5.41, 5.74) is 1.28. The number of carbonyl (C=O) groups is 2. The molecular weight excluding hydrogens is 350 g/mol. The number of rotatable bonds is 5. The van der Waals surface area contributed by atoms with Gasteiger partial charge in [-0.3, -0.25) is 9.59 Å². The van der Waals surface area contributed by atoms with Gasteiger partial charge in [0.15, 0.2) is 0 Å². The molecule has 1 atom stereocenters. The number of hydrogen-bond acceptors (Lipinski definition) is 4. The first-order chi connectivity index (χ1) is 10.5. The standard InChI is InChI=1S/C15H16BrN3O3/c1-10(7-14(20)22-2)18-15(21)11-8-17-19(9-11)13-5-3-12(16)4-6-13/h3-6,8-10H,7H2,1-2H3,(H,18,21)/t10-/m0/s1. The first-order valence-corrected chi connectivity index (χ1v) is 7.47. The Balaban J connectivity index is 2.03. The van der Waals surface area contributed by atoms with E-state index in [0.717, 1.165) is 10.2 Å². The molecule has 2 aromatic rings. The van der Waals surface area contributed by atoms with E-state index in [1.807, 2.05) is 24.3 Å². The van der Waals surface area contributed by atoms with E-state index in [1.165, 1.54) is 13.3 Å². The summed E-state index contributed by atoms with van der Waals surface area (Å²) in [6.07, 6.45) is 3.26. The highest BCUT2D eigenvalue weighted by Crippen LogP contribution is 2.14. The molecule has 0 aliphatic rings. The number of ether oxygens (including phenoxy) is 1. The average molecular weight is 366 g/mol. The lowest BCUT2D eigenvalue weighted by Crippen LogP contribution is -2.34. The van der Waals surface area contributed by atoms with Gasteiger partial charge >= 0.3 is 5.97 Å². The quantitative estimate of drug-likeness (QED) is 0.825. The molecule has 1 heterocycles. The van der Waals surface area contributed by atoms with Crippen LogP contribution >= 0.6 is 15.9 Å². The molecule has 1 aromatic heterocycles. The molecule has 116 valence electrons. The van der Waals surface area contributed by atoms with Crippen LogP contribution < -0.4 is 5.32 Å². The van der Waals surface area contributed by atoms with Crippen LogP contribution in [0.5, 0.6) is 0 Å². The first kappa shape index (κ1) is 16.2. The van der Waals surface area contributed by atoms with E-state index in [4.69, 9.17) is 0 Å². The van der Waals surface area contributed by atoms with Gasteiger partial charge in [0.05, 0.1) is 31.0 Å². The summed E-state index contributed by atoms with van der Waals surface area (Å²) < 4.78 is 7.16. The van der Waals surface area contributed by atoms with Crippen LogP contribution in [0.15, 0.2) is 41.1 Å². The maximum atomic E-state index is 12.1. The van der Waals surface area contributed by atoms with Crippen LogP contribution in [0.2, 0.25) is 0 Å². The smallest absolute Gasteiger partial charge is 0.307 e. The van der Waals surface area contributed by atoms with Crippen molar-refractivity contribution in [3.8, 4) is 5.69 Å². The summed E-state index contributed by atoms with van der Waals surface area (Å²) in [5.74, 6) is -0.641. The molecule has 1 amide bonds. The van der Waals surface area contributed by atoms with Gasteiger partial charge in [-0.1, -0.05) is 15.9 Å². The molecule has 0 bridgehead atoms. The second kappa shape index (κ2) is 7.22. The van der Waals surface area contributed by atoms with E-state index < -0.39 is 0 Å². The zero-order valence-electron chi connectivity index (χ0n) is 12.2. The summed E-state index contributed by atoms with van der Waals surface area (Å²) in [7, 11) is 1.32. The van der Waals surface area contributed by atoms with Crippen molar-refractivity contribution >= 4 is 27.8 Å². The van der Waals surface area contributed by atoms with Crippen molar-refractivity contribution in [1.82, 2.24) is 15.1 Å². The minimum Gasteiger partial charge on any atom is -0.469 e. The number of benzene rings is 1. The summed E-state index contributed by atoms with van der Waals surface area (Å²) in [6, 6.07) is 7.26. The second-order valence-electron chi connectivity index (χ2n) is 4.80. The number of nitrogens with zero attached hydrogens (tertiary/aromatic N) is 2. The van der Waals surface area contributed by atoms with Crippen molar-refractivity contribution in [1.29, 1.82) is 0 Å². The largest absolute Gasteiger partial charge is 0.469 e. The number of aromatic nitrogens is 2. The molecular formula is C15H16BrN3O3. The molecule has 0 aliphatic carbocycles. The predicted molar refractivity (Wildman–Crippen MR) is 84.8 cm³/mol. The molecule has 7 heteroatoms. The van der Waals surface area contributed by atoms with Gasteiger partial charge in [-0.15, -0.1) is 0 Å². The number of esters is 1. The summed E-state index contributed by atoms with van der Waals surface area (Å²) in [4.78, 5) is 23.3. The van der Waals surface area contributed by atoms with Crippen LogP contribution in [0.1, 0.15) is 23.7 Å². The highest BCUT2D eigenvalue weighted by atomic mass is 79.9. The SMILES string of the molecule is COC(=O)C[C@H](C)NC(=O)c1cnn(-c2ccc(Br)cc2)c1. The third kappa shape index (κ3) is 4.17. The van der Waals surface area contributed by atoms with E-state index in [9.17, 15) is 9.59 Å². The molecule has 0 unspecified atom stereocenters. The molecule has 0 aliphatic heterocycles. The van der Waals surface area contributed by atoms with E-state index in [0.29, 0.717) is 5.56 Å². The average Bonchev–Trinajstić information content (AvgIpc) is 2.97. The van der Waals surface area contributed by atoms with Crippen molar-refractivity contribution in [2.75, 3.05) is 7.11 Å². The second-order valence-corrected chi connectivity index (χ2v) is 5.72. The Morgan fingerprint density at radius 1 is 1.36 bits per heavy atom. The van der Waals surface area contributed by atoms with Gasteiger partial charge in [-0.2, -0.15) is 5.10 Å². The minimum atomic E-state index is -0.363. The lowest BCUT2D eigenvalue weighted by Gasteiger charge is -2.11. The lowest BCUT2D eigenvalue weighted by atomic mass is 10.2. The third-order valence-electron chi connectivity index (χ3n) is 3.01. The maximum absolute atomic E-state index is 12.1. The fourth-order valence-corrected chi connectivity index (χ4v) is 2.13. The fraction of sp³-hybridized carbons (Fsp3) is 0.267. The molecule has 1 aromatic carbocycles. The van der Waals surface area contributed by atoms with Crippen molar-refractivity contribution in [3.05, 3.63) is 46.7 Å². The van der Waals surface area contributed by atoms with Gasteiger partial charge in [0.1, 0.15) is 0 Å². The Morgan fingerprint density at radius 2 is 2.05 bits per heavy atom. The van der Waals surface area contributed by atoms with Crippen molar-refractivity contribution in [2.45, 2.75) is 19.4 Å². The Hall–Kier alpha value is -2.15. The molecule has 0 saturated carbocycles. The Kier molecular flexibility index (Phi) is 5.32. The monoisotopic (exact) mass is 365 g/mol. The highest BCUT2D eigenvalue weighted by molar-refractivity contribution is 9.10. The summed E-state index contributed by atoms with van der Waals surface area (Å²) >= 11 is 3.37. The van der Waals surface area contributed by atoms with Crippen molar-refractivity contribution in [3.63, 3.8) is 0 Å². The molecule has 0 radical (unpaired) electrons. The van der Waals surface area contributed by atoms with Crippen molar-refractivity contribution in [2.24, 2.45) is 0 Å². The molecule has 6 nitrogen and oxygen atoms in total. The van der Waals surface area contributed by atoms with E-state index in [-0.39, 0.29) is 24.3 Å². The van der Waals surface area contributed by atoms with Crippen LogP contribution in [0, 0.1) is 0 Å². The Morgan fingerprint density at radius 3 is 2.68 bits per heavy atom. The van der Waals surface area contributed by atoms with Crippen LogP contribution in [0.4, 0.5) is 0 Å². The van der Waals surface area contributed by atoms with Gasteiger partial charge < -0.3 is 10.1 Å². The molecule has 1 N–H and O–H groups in total. The van der Waals surface area contributed by atoms with Gasteiger partial charge in [-0.05, 0) is 31.2 Å². The number of methoxy groups -OCH3 is 1. The number of halogens is 1. The van der Waals surface area contributed by atoms with Gasteiger partial charge in [-0.25, -0.2) is 4.68 Å². The minimum absolute atomic E-state index is 0.128. The molecule has 0 saturated heterocycles. The van der Waals surface area contributed by atoms with Gasteiger partial charge in [0.2, 0.25) is 0 Å². The lowest BCUT2D eigenvalue weighted by molar-refractivity contribution is -0.141. The third-order valence-corrected chi connectivity index (χ3v) is 3.54. The van der Waals surface area contributed by atoms with E-state index >= 15 is 0 Å². The van der Waals surface area contributed by atoms with Gasteiger partial charge in [0, 0.05) is 16.7 Å². The van der Waals surface area contributed by atoms with Crippen LogP contribution in [0.25, 0.3) is 5.69 Å². The van der Waals surface area contributed by atoms with Gasteiger partial charge in [0.25, 0.3) is 5.91 Å². The van der Waals surface area contributed by atoms with Crippen LogP contribution in [-0.4, -0.2) is 34.8 Å². The first-order valence-electron chi connectivity index (χ1n) is 6.68. The zero-order chi connectivity index (χ0) is 16.1. The molecule has 0 spiro atoms. The normalized spacial score (nSPS) is 11.8. The number of amides is 1. The highest BCUT2D eigenvalue weighted by Gasteiger charge is 2.15. The summed E-state index contributed by atoms with van der Waals surface area (Å²) in [5, 5.41) is 6.91. The number of hydrogen-bond donors (Lipinski definition) is 1. The maximum Gasteiger partial charge on any atom is 0.307 e. The molecule has 0 fully saturated rings. The Bertz CT molecular complexity index is 667. The van der Waals surface area contributed by atoms with Crippen LogP contribution in [-0.2, 0) is 9.53 Å².